The topological polar surface area (TPSA) is 114 Å². The molecule has 0 heterocycles. The summed E-state index contributed by atoms with van der Waals surface area (Å²) in [4.78, 5) is 35.6. The van der Waals surface area contributed by atoms with E-state index >= 15 is 0 Å². The zero-order valence-corrected chi connectivity index (χ0v) is 21.4. The Balaban J connectivity index is 0. The molecular formula is C24H46N2O6. The van der Waals surface area contributed by atoms with Crippen LogP contribution in [0.1, 0.15) is 74.7 Å². The molecule has 0 aromatic rings. The number of rotatable bonds is 16. The molecule has 0 aromatic carbocycles. The number of amides is 2. The first-order valence-electron chi connectivity index (χ1n) is 11.7. The molecule has 0 aliphatic carbocycles. The Morgan fingerprint density at radius 2 is 1.62 bits per heavy atom. The van der Waals surface area contributed by atoms with Crippen LogP contribution in [0.4, 0.5) is 0 Å². The highest BCUT2D eigenvalue weighted by Crippen LogP contribution is 2.17. The minimum Gasteiger partial charge on any atom is -0.480 e. The van der Waals surface area contributed by atoms with Crippen molar-refractivity contribution in [3.05, 3.63) is 11.6 Å². The number of carbonyl (C=O) groups is 3. The summed E-state index contributed by atoms with van der Waals surface area (Å²) in [7, 11) is 0. The van der Waals surface area contributed by atoms with E-state index in [1.54, 1.807) is 19.9 Å². The summed E-state index contributed by atoms with van der Waals surface area (Å²) in [5, 5.41) is 14.7. The van der Waals surface area contributed by atoms with Crippen molar-refractivity contribution in [2.45, 2.75) is 80.7 Å². The molecule has 0 fully saturated rings. The number of allylic oxidation sites excluding steroid dienone is 1. The highest BCUT2D eigenvalue weighted by Gasteiger charge is 2.31. The van der Waals surface area contributed by atoms with E-state index in [1.165, 1.54) is 0 Å². The number of ether oxygens (including phenoxy) is 2. The van der Waals surface area contributed by atoms with Crippen LogP contribution in [-0.4, -0.2) is 61.9 Å². The second kappa shape index (κ2) is 18.6. The smallest absolute Gasteiger partial charge is 0.326 e. The van der Waals surface area contributed by atoms with Crippen LogP contribution >= 0.6 is 0 Å². The van der Waals surface area contributed by atoms with Gasteiger partial charge in [-0.1, -0.05) is 40.7 Å². The van der Waals surface area contributed by atoms with Crippen molar-refractivity contribution in [2.75, 3.05) is 33.0 Å². The highest BCUT2D eigenvalue weighted by atomic mass is 16.5. The van der Waals surface area contributed by atoms with Crippen molar-refractivity contribution in [1.82, 2.24) is 10.6 Å². The molecule has 0 radical (unpaired) electrons. The van der Waals surface area contributed by atoms with Gasteiger partial charge in [-0.3, -0.25) is 9.59 Å². The zero-order chi connectivity index (χ0) is 25.2. The van der Waals surface area contributed by atoms with Crippen LogP contribution in [0.5, 0.6) is 0 Å². The van der Waals surface area contributed by atoms with Crippen molar-refractivity contribution in [3.63, 3.8) is 0 Å². The maximum Gasteiger partial charge on any atom is 0.326 e. The molecule has 0 aliphatic heterocycles. The molecule has 0 spiro atoms. The minimum atomic E-state index is -1.03. The molecule has 0 aliphatic rings. The van der Waals surface area contributed by atoms with Crippen molar-refractivity contribution >= 4 is 17.8 Å². The molecule has 0 aromatic heterocycles. The SMILES string of the molecule is CC.CC=C(CC)C(=O)NCCOCCOCC(C)(C)C(=O)NC(CCC(C)C)C(=O)O. The van der Waals surface area contributed by atoms with Crippen LogP contribution in [0.2, 0.25) is 0 Å². The molecule has 2 amide bonds. The fourth-order valence-corrected chi connectivity index (χ4v) is 2.57. The summed E-state index contributed by atoms with van der Waals surface area (Å²) in [6, 6.07) is -0.895. The van der Waals surface area contributed by atoms with Gasteiger partial charge in [0.2, 0.25) is 11.8 Å². The Kier molecular flexibility index (Phi) is 18.8. The maximum absolute atomic E-state index is 12.5. The summed E-state index contributed by atoms with van der Waals surface area (Å²) in [6.07, 6.45) is 3.60. The molecule has 8 heteroatoms. The standard InChI is InChI=1S/C22H40N2O6.C2H6/c1-7-17(8-2)19(25)23-11-12-29-13-14-30-15-22(5,6)21(28)24-18(20(26)27)10-9-16(3)4;1-2/h7,16,18H,8-15H2,1-6H3,(H,23,25)(H,24,28)(H,26,27);1-2H3. The van der Waals surface area contributed by atoms with E-state index in [1.807, 2.05) is 41.5 Å². The Morgan fingerprint density at radius 1 is 1.03 bits per heavy atom. The number of hydrogen-bond acceptors (Lipinski definition) is 5. The molecule has 3 N–H and O–H groups in total. The van der Waals surface area contributed by atoms with Gasteiger partial charge < -0.3 is 25.2 Å². The number of nitrogens with one attached hydrogen (secondary N) is 2. The molecule has 32 heavy (non-hydrogen) atoms. The van der Waals surface area contributed by atoms with Crippen LogP contribution in [-0.2, 0) is 23.9 Å². The molecule has 0 rings (SSSR count). The average molecular weight is 459 g/mol. The molecule has 0 bridgehead atoms. The van der Waals surface area contributed by atoms with Gasteiger partial charge in [-0.2, -0.15) is 0 Å². The number of hydrogen-bond donors (Lipinski definition) is 3. The lowest BCUT2D eigenvalue weighted by atomic mass is 9.92. The molecule has 188 valence electrons. The lowest BCUT2D eigenvalue weighted by Gasteiger charge is -2.26. The van der Waals surface area contributed by atoms with Gasteiger partial charge in [0.15, 0.2) is 0 Å². The molecule has 1 atom stereocenters. The predicted molar refractivity (Wildman–Crippen MR) is 127 cm³/mol. The van der Waals surface area contributed by atoms with Crippen LogP contribution in [0.3, 0.4) is 0 Å². The van der Waals surface area contributed by atoms with Crippen molar-refractivity contribution in [3.8, 4) is 0 Å². The number of carbonyl (C=O) groups excluding carboxylic acids is 2. The normalized spacial score (nSPS) is 12.6. The van der Waals surface area contributed by atoms with Crippen LogP contribution in [0.15, 0.2) is 11.6 Å². The van der Waals surface area contributed by atoms with Crippen molar-refractivity contribution in [2.24, 2.45) is 11.3 Å². The second-order valence-electron chi connectivity index (χ2n) is 8.31. The summed E-state index contributed by atoms with van der Waals surface area (Å²) in [6.45, 7) is 16.8. The molecule has 0 saturated carbocycles. The third kappa shape index (κ3) is 15.0. The Bertz CT molecular complexity index is 573. The second-order valence-corrected chi connectivity index (χ2v) is 8.31. The van der Waals surface area contributed by atoms with Crippen LogP contribution in [0.25, 0.3) is 0 Å². The maximum atomic E-state index is 12.5. The third-order valence-corrected chi connectivity index (χ3v) is 4.64. The number of carboxylic acids is 1. The molecule has 0 saturated heterocycles. The molecule has 1 unspecified atom stereocenters. The molecular weight excluding hydrogens is 412 g/mol. The first kappa shape index (κ1) is 32.3. The van der Waals surface area contributed by atoms with E-state index in [2.05, 4.69) is 10.6 Å². The van der Waals surface area contributed by atoms with E-state index in [0.29, 0.717) is 45.1 Å². The predicted octanol–water partition coefficient (Wildman–Crippen LogP) is 3.55. The summed E-state index contributed by atoms with van der Waals surface area (Å²) in [5.74, 6) is -1.09. The van der Waals surface area contributed by atoms with Crippen molar-refractivity contribution in [1.29, 1.82) is 0 Å². The van der Waals surface area contributed by atoms with Gasteiger partial charge in [0.1, 0.15) is 6.04 Å². The van der Waals surface area contributed by atoms with Crippen LogP contribution < -0.4 is 10.6 Å². The fraction of sp³-hybridized carbons (Fsp3) is 0.792. The zero-order valence-electron chi connectivity index (χ0n) is 21.4. The first-order valence-corrected chi connectivity index (χ1v) is 11.7. The van der Waals surface area contributed by atoms with E-state index < -0.39 is 17.4 Å². The number of carboxylic acid groups (broad SMARTS) is 1. The monoisotopic (exact) mass is 458 g/mol. The van der Waals surface area contributed by atoms with Gasteiger partial charge in [0.05, 0.1) is 31.8 Å². The van der Waals surface area contributed by atoms with Gasteiger partial charge in [-0.25, -0.2) is 4.79 Å². The minimum absolute atomic E-state index is 0.0827. The number of aliphatic carboxylic acids is 1. The Labute approximate surface area is 194 Å². The van der Waals surface area contributed by atoms with Gasteiger partial charge in [0.25, 0.3) is 0 Å². The quantitative estimate of drug-likeness (QED) is 0.241. The highest BCUT2D eigenvalue weighted by molar-refractivity contribution is 5.93. The first-order chi connectivity index (χ1) is 15.0. The Hall–Kier alpha value is -1.93. The van der Waals surface area contributed by atoms with E-state index in [0.717, 1.165) is 12.0 Å². The third-order valence-electron chi connectivity index (χ3n) is 4.64. The molecule has 8 nitrogen and oxygen atoms in total. The van der Waals surface area contributed by atoms with Gasteiger partial charge in [-0.05, 0) is 46.0 Å². The lowest BCUT2D eigenvalue weighted by Crippen LogP contribution is -2.48. The van der Waals surface area contributed by atoms with Crippen LogP contribution in [0, 0.1) is 11.3 Å². The summed E-state index contributed by atoms with van der Waals surface area (Å²) < 4.78 is 10.9. The average Bonchev–Trinajstić information content (AvgIpc) is 2.74. The van der Waals surface area contributed by atoms with Crippen molar-refractivity contribution < 1.29 is 29.0 Å². The van der Waals surface area contributed by atoms with Gasteiger partial charge in [-0.15, -0.1) is 0 Å². The van der Waals surface area contributed by atoms with Gasteiger partial charge >= 0.3 is 5.97 Å². The van der Waals surface area contributed by atoms with E-state index in [9.17, 15) is 19.5 Å². The van der Waals surface area contributed by atoms with E-state index in [-0.39, 0.29) is 18.4 Å². The summed E-state index contributed by atoms with van der Waals surface area (Å²) >= 11 is 0. The van der Waals surface area contributed by atoms with E-state index in [4.69, 9.17) is 9.47 Å². The lowest BCUT2D eigenvalue weighted by molar-refractivity contribution is -0.144. The Morgan fingerprint density at radius 3 is 2.12 bits per heavy atom. The largest absolute Gasteiger partial charge is 0.480 e. The van der Waals surface area contributed by atoms with Gasteiger partial charge in [0, 0.05) is 12.1 Å². The summed E-state index contributed by atoms with van der Waals surface area (Å²) in [5.41, 5.74) is -0.115. The fourth-order valence-electron chi connectivity index (χ4n) is 2.57.